The normalized spacial score (nSPS) is 13.1. The van der Waals surface area contributed by atoms with Crippen molar-refractivity contribution < 1.29 is 19.1 Å². The summed E-state index contributed by atoms with van der Waals surface area (Å²) in [6.07, 6.45) is 3.15. The van der Waals surface area contributed by atoms with Gasteiger partial charge in [0.1, 0.15) is 5.75 Å². The number of pyridine rings is 1. The fourth-order valence-corrected chi connectivity index (χ4v) is 3.05. The molecule has 0 spiro atoms. The Labute approximate surface area is 163 Å². The summed E-state index contributed by atoms with van der Waals surface area (Å²) < 4.78 is 12.2. The number of amides is 1. The van der Waals surface area contributed by atoms with E-state index in [1.807, 2.05) is 13.8 Å². The van der Waals surface area contributed by atoms with Gasteiger partial charge in [-0.1, -0.05) is 13.8 Å². The van der Waals surface area contributed by atoms with Crippen molar-refractivity contribution in [1.82, 2.24) is 4.57 Å². The second kappa shape index (κ2) is 8.73. The Hall–Kier alpha value is -3.09. The van der Waals surface area contributed by atoms with Gasteiger partial charge in [0, 0.05) is 18.3 Å². The van der Waals surface area contributed by atoms with Gasteiger partial charge in [-0.15, -0.1) is 0 Å². The maximum Gasteiger partial charge on any atom is 0.293 e. The molecule has 148 valence electrons. The summed E-state index contributed by atoms with van der Waals surface area (Å²) in [6, 6.07) is 8.29. The van der Waals surface area contributed by atoms with E-state index in [-0.39, 0.29) is 36.2 Å². The summed E-state index contributed by atoms with van der Waals surface area (Å²) in [7, 11) is 0. The Balaban J connectivity index is 1.84. The molecule has 0 saturated carbocycles. The third kappa shape index (κ3) is 4.08. The average molecular weight is 384 g/mol. The van der Waals surface area contributed by atoms with Gasteiger partial charge < -0.3 is 18.9 Å². The number of ether oxygens (including phenoxy) is 2. The van der Waals surface area contributed by atoms with Crippen LogP contribution in [0.15, 0.2) is 41.3 Å². The lowest BCUT2D eigenvalue weighted by Gasteiger charge is -2.29. The second-order valence-electron chi connectivity index (χ2n) is 6.59. The summed E-state index contributed by atoms with van der Waals surface area (Å²) in [5.74, 6) is 0.454. The Morgan fingerprint density at radius 1 is 1.18 bits per heavy atom. The maximum absolute atomic E-state index is 12.8. The topological polar surface area (TPSA) is 77.8 Å². The van der Waals surface area contributed by atoms with Crippen LogP contribution >= 0.6 is 0 Å². The number of benzene rings is 1. The molecule has 7 nitrogen and oxygen atoms in total. The fourth-order valence-electron chi connectivity index (χ4n) is 3.05. The predicted molar refractivity (Wildman–Crippen MR) is 105 cm³/mol. The first-order chi connectivity index (χ1) is 13.5. The van der Waals surface area contributed by atoms with Gasteiger partial charge in [0.05, 0.1) is 18.8 Å². The highest BCUT2D eigenvalue weighted by molar-refractivity contribution is 6.01. The molecule has 0 unspecified atom stereocenters. The Morgan fingerprint density at radius 2 is 2.00 bits per heavy atom. The van der Waals surface area contributed by atoms with Crippen LogP contribution in [0.3, 0.4) is 0 Å². The molecule has 0 bridgehead atoms. The van der Waals surface area contributed by atoms with Crippen LogP contribution in [-0.2, 0) is 11.3 Å². The first kappa shape index (κ1) is 19.7. The Morgan fingerprint density at radius 3 is 2.75 bits per heavy atom. The molecule has 1 aliphatic rings. The summed E-state index contributed by atoms with van der Waals surface area (Å²) in [5.41, 5.74) is 0.676. The molecule has 0 fully saturated rings. The van der Waals surface area contributed by atoms with Crippen LogP contribution in [0.2, 0.25) is 0 Å². The molecule has 2 aromatic rings. The molecule has 1 aromatic heterocycles. The monoisotopic (exact) mass is 384 g/mol. The second-order valence-corrected chi connectivity index (χ2v) is 6.59. The van der Waals surface area contributed by atoms with Crippen LogP contribution in [0.1, 0.15) is 37.0 Å². The quantitative estimate of drug-likeness (QED) is 0.654. The minimum Gasteiger partial charge on any atom is -0.488 e. The molecular weight excluding hydrogens is 360 g/mol. The first-order valence-corrected chi connectivity index (χ1v) is 9.47. The van der Waals surface area contributed by atoms with E-state index in [9.17, 15) is 14.4 Å². The highest BCUT2D eigenvalue weighted by Gasteiger charge is 2.26. The van der Waals surface area contributed by atoms with Gasteiger partial charge >= 0.3 is 0 Å². The number of aromatic nitrogens is 1. The van der Waals surface area contributed by atoms with Gasteiger partial charge in [0.2, 0.25) is 0 Å². The van der Waals surface area contributed by atoms with E-state index in [1.165, 1.54) is 4.57 Å². The van der Waals surface area contributed by atoms with Crippen LogP contribution in [0, 0.1) is 0 Å². The number of nitrogens with zero attached hydrogens (tertiary/aromatic N) is 2. The van der Waals surface area contributed by atoms with E-state index in [0.29, 0.717) is 30.2 Å². The van der Waals surface area contributed by atoms with Crippen molar-refractivity contribution in [3.63, 3.8) is 0 Å². The summed E-state index contributed by atoms with van der Waals surface area (Å²) in [5, 5.41) is 0. The molecule has 1 amide bonds. The molecular formula is C21H24N2O5. The van der Waals surface area contributed by atoms with Crippen molar-refractivity contribution in [2.75, 3.05) is 24.7 Å². The molecule has 0 N–H and O–H groups in total. The molecule has 1 aliphatic heterocycles. The number of carbonyl (C=O) groups excluding carboxylic acids is 2. The molecule has 7 heteroatoms. The molecule has 28 heavy (non-hydrogen) atoms. The van der Waals surface area contributed by atoms with Crippen molar-refractivity contribution >= 4 is 17.4 Å². The molecule has 0 saturated heterocycles. The van der Waals surface area contributed by atoms with E-state index in [2.05, 4.69) is 0 Å². The molecule has 0 atom stereocenters. The van der Waals surface area contributed by atoms with Crippen LogP contribution < -0.4 is 19.9 Å². The van der Waals surface area contributed by atoms with Gasteiger partial charge in [-0.3, -0.25) is 14.4 Å². The maximum atomic E-state index is 12.8. The summed E-state index contributed by atoms with van der Waals surface area (Å²) in [6.45, 7) is 4.83. The predicted octanol–water partition coefficient (Wildman–Crippen LogP) is 2.66. The zero-order valence-corrected chi connectivity index (χ0v) is 16.1. The number of rotatable bonds is 8. The molecule has 0 aliphatic carbocycles. The van der Waals surface area contributed by atoms with E-state index in [1.54, 1.807) is 41.4 Å². The first-order valence-electron chi connectivity index (χ1n) is 9.47. The molecule has 3 rings (SSSR count). The van der Waals surface area contributed by atoms with Crippen LogP contribution in [-0.4, -0.2) is 36.0 Å². The minimum atomic E-state index is -0.339. The largest absolute Gasteiger partial charge is 0.488 e. The van der Waals surface area contributed by atoms with Crippen LogP contribution in [0.4, 0.5) is 5.69 Å². The van der Waals surface area contributed by atoms with Crippen molar-refractivity contribution in [3.8, 4) is 11.5 Å². The van der Waals surface area contributed by atoms with Crippen LogP contribution in [0.5, 0.6) is 11.5 Å². The molecule has 0 radical (unpaired) electrons. The highest BCUT2D eigenvalue weighted by Crippen LogP contribution is 2.33. The van der Waals surface area contributed by atoms with E-state index < -0.39 is 0 Å². The molecule has 1 aromatic carbocycles. The van der Waals surface area contributed by atoms with Gasteiger partial charge in [-0.05, 0) is 43.2 Å². The number of ketones is 1. The number of Topliss-reactive ketones (excluding diaryl/α,β-unsaturated/α-hetero) is 1. The summed E-state index contributed by atoms with van der Waals surface area (Å²) in [4.78, 5) is 39.0. The van der Waals surface area contributed by atoms with Crippen molar-refractivity contribution in [2.45, 2.75) is 33.2 Å². The smallest absolute Gasteiger partial charge is 0.293 e. The lowest BCUT2D eigenvalue weighted by Crippen LogP contribution is -2.39. The average Bonchev–Trinajstić information content (AvgIpc) is 2.70. The fraction of sp³-hybridized carbons (Fsp3) is 0.381. The molecule has 2 heterocycles. The third-order valence-corrected chi connectivity index (χ3v) is 4.43. The van der Waals surface area contributed by atoms with Gasteiger partial charge in [-0.2, -0.15) is 0 Å². The van der Waals surface area contributed by atoms with E-state index >= 15 is 0 Å². The van der Waals surface area contributed by atoms with Crippen LogP contribution in [0.25, 0.3) is 0 Å². The van der Waals surface area contributed by atoms with Gasteiger partial charge in [0.15, 0.2) is 18.1 Å². The minimum absolute atomic E-state index is 0.000237. The SMILES string of the molecule is CCCOc1cccn(CC(=O)c2ccc3c(c2)N(CCC)C(=O)CO3)c1=O. The van der Waals surface area contributed by atoms with Crippen molar-refractivity contribution in [3.05, 3.63) is 52.4 Å². The number of anilines is 1. The lowest BCUT2D eigenvalue weighted by atomic mass is 10.1. The standard InChI is InChI=1S/C21H24N2O5/c1-3-9-23-16-12-15(7-8-18(16)28-14-20(23)25)17(24)13-22-10-5-6-19(21(22)26)27-11-4-2/h5-8,10,12H,3-4,9,11,13-14H2,1-2H3. The van der Waals surface area contributed by atoms with E-state index in [0.717, 1.165) is 12.8 Å². The van der Waals surface area contributed by atoms with Crippen molar-refractivity contribution in [1.29, 1.82) is 0 Å². The zero-order valence-electron chi connectivity index (χ0n) is 16.1. The van der Waals surface area contributed by atoms with Gasteiger partial charge in [-0.25, -0.2) is 0 Å². The van der Waals surface area contributed by atoms with Gasteiger partial charge in [0.25, 0.3) is 11.5 Å². The number of hydrogen-bond acceptors (Lipinski definition) is 5. The Bertz CT molecular complexity index is 935. The zero-order chi connectivity index (χ0) is 20.1. The highest BCUT2D eigenvalue weighted by atomic mass is 16.5. The van der Waals surface area contributed by atoms with E-state index in [4.69, 9.17) is 9.47 Å². The Kier molecular flexibility index (Phi) is 6.13. The number of fused-ring (bicyclic) bond motifs is 1. The van der Waals surface area contributed by atoms with Crippen molar-refractivity contribution in [2.24, 2.45) is 0 Å². The number of carbonyl (C=O) groups is 2. The lowest BCUT2D eigenvalue weighted by molar-refractivity contribution is -0.121. The summed E-state index contributed by atoms with van der Waals surface area (Å²) >= 11 is 0. The number of hydrogen-bond donors (Lipinski definition) is 0. The third-order valence-electron chi connectivity index (χ3n) is 4.43.